The van der Waals surface area contributed by atoms with Crippen LogP contribution in [0.2, 0.25) is 5.02 Å². The van der Waals surface area contributed by atoms with Crippen LogP contribution in [0.25, 0.3) is 40.1 Å². The molecule has 162 valence electrons. The lowest BCUT2D eigenvalue weighted by atomic mass is 10.1. The van der Waals surface area contributed by atoms with Gasteiger partial charge in [0, 0.05) is 34.1 Å². The lowest BCUT2D eigenvalue weighted by molar-refractivity contribution is -0.111. The minimum absolute atomic E-state index is 0.273. The molecular weight excluding hydrogens is 438 g/mol. The van der Waals surface area contributed by atoms with Crippen LogP contribution >= 0.6 is 11.6 Å². The highest BCUT2D eigenvalue weighted by Gasteiger charge is 2.09. The van der Waals surface area contributed by atoms with Gasteiger partial charge in [0.15, 0.2) is 11.2 Å². The molecule has 7 heteroatoms. The van der Waals surface area contributed by atoms with Gasteiger partial charge in [-0.25, -0.2) is 4.98 Å². The van der Waals surface area contributed by atoms with Gasteiger partial charge in [-0.3, -0.25) is 4.79 Å². The third-order valence-corrected chi connectivity index (χ3v) is 5.45. The predicted molar refractivity (Wildman–Crippen MR) is 129 cm³/mol. The fraction of sp³-hybridized carbons (Fsp3) is 0.0385. The number of amides is 1. The molecule has 0 spiro atoms. The molecule has 3 aromatic heterocycles. The van der Waals surface area contributed by atoms with Crippen LogP contribution in [0.5, 0.6) is 0 Å². The van der Waals surface area contributed by atoms with E-state index in [-0.39, 0.29) is 5.91 Å². The Morgan fingerprint density at radius 3 is 2.61 bits per heavy atom. The second-order valence-corrected chi connectivity index (χ2v) is 7.82. The number of carbonyl (C=O) groups is 1. The third kappa shape index (κ3) is 4.56. The van der Waals surface area contributed by atoms with Crippen LogP contribution in [0.3, 0.4) is 0 Å². The molecule has 0 saturated carbocycles. The molecule has 0 radical (unpaired) electrons. The van der Waals surface area contributed by atoms with Gasteiger partial charge < -0.3 is 14.2 Å². The molecule has 0 unspecified atom stereocenters. The van der Waals surface area contributed by atoms with Crippen LogP contribution in [0.4, 0.5) is 5.69 Å². The van der Waals surface area contributed by atoms with Crippen molar-refractivity contribution < 1.29 is 13.6 Å². The molecule has 0 aliphatic heterocycles. The number of hydrogen-bond acceptors (Lipinski definition) is 5. The Hall–Kier alpha value is -4.16. The Kier molecular flexibility index (Phi) is 5.50. The quantitative estimate of drug-likeness (QED) is 0.296. The van der Waals surface area contributed by atoms with Gasteiger partial charge in [0.25, 0.3) is 0 Å². The minimum Gasteiger partial charge on any atom is -0.457 e. The first-order valence-corrected chi connectivity index (χ1v) is 10.6. The van der Waals surface area contributed by atoms with E-state index in [0.717, 1.165) is 16.7 Å². The maximum Gasteiger partial charge on any atom is 0.248 e. The number of furan rings is 1. The maximum absolute atomic E-state index is 12.3. The molecule has 0 fully saturated rings. The topological polar surface area (TPSA) is 81.2 Å². The Labute approximate surface area is 194 Å². The summed E-state index contributed by atoms with van der Waals surface area (Å²) in [4.78, 5) is 20.9. The molecule has 0 saturated heterocycles. The number of aromatic nitrogens is 2. The predicted octanol–water partition coefficient (Wildman–Crippen LogP) is 6.76. The molecule has 0 aliphatic carbocycles. The van der Waals surface area contributed by atoms with Crippen molar-refractivity contribution in [2.75, 3.05) is 5.32 Å². The zero-order valence-corrected chi connectivity index (χ0v) is 18.3. The Morgan fingerprint density at radius 2 is 1.82 bits per heavy atom. The summed E-state index contributed by atoms with van der Waals surface area (Å²) >= 11 is 6.19. The molecule has 5 aromatic rings. The summed E-state index contributed by atoms with van der Waals surface area (Å²) in [6.07, 6.45) is 4.71. The first-order chi connectivity index (χ1) is 16.0. The highest BCUT2D eigenvalue weighted by Crippen LogP contribution is 2.27. The van der Waals surface area contributed by atoms with Gasteiger partial charge in [-0.2, -0.15) is 4.98 Å². The second kappa shape index (κ2) is 8.76. The molecule has 2 aromatic carbocycles. The molecule has 0 bridgehead atoms. The number of nitrogens with zero attached hydrogens (tertiary/aromatic N) is 2. The van der Waals surface area contributed by atoms with Crippen LogP contribution in [-0.2, 0) is 4.79 Å². The molecule has 5 rings (SSSR count). The van der Waals surface area contributed by atoms with Crippen LogP contribution in [0, 0.1) is 6.92 Å². The van der Waals surface area contributed by atoms with Gasteiger partial charge in [0.1, 0.15) is 11.5 Å². The van der Waals surface area contributed by atoms with Crippen molar-refractivity contribution in [1.82, 2.24) is 9.97 Å². The number of rotatable bonds is 5. The van der Waals surface area contributed by atoms with E-state index >= 15 is 0 Å². The summed E-state index contributed by atoms with van der Waals surface area (Å²) < 4.78 is 11.5. The molecule has 33 heavy (non-hydrogen) atoms. The Balaban J connectivity index is 1.23. The highest BCUT2D eigenvalue weighted by atomic mass is 35.5. The zero-order valence-electron chi connectivity index (χ0n) is 17.6. The van der Waals surface area contributed by atoms with Gasteiger partial charge in [0.05, 0.1) is 0 Å². The number of pyridine rings is 1. The molecule has 3 heterocycles. The summed E-state index contributed by atoms with van der Waals surface area (Å²) in [5.74, 6) is 1.45. The smallest absolute Gasteiger partial charge is 0.248 e. The maximum atomic E-state index is 12.3. The fourth-order valence-electron chi connectivity index (χ4n) is 3.27. The highest BCUT2D eigenvalue weighted by molar-refractivity contribution is 6.31. The van der Waals surface area contributed by atoms with Crippen molar-refractivity contribution in [3.05, 3.63) is 95.3 Å². The first-order valence-electron chi connectivity index (χ1n) is 10.2. The van der Waals surface area contributed by atoms with E-state index in [4.69, 9.17) is 20.4 Å². The summed E-state index contributed by atoms with van der Waals surface area (Å²) in [5.41, 5.74) is 4.51. The van der Waals surface area contributed by atoms with Crippen molar-refractivity contribution in [3.63, 3.8) is 0 Å². The van der Waals surface area contributed by atoms with E-state index < -0.39 is 0 Å². The Bertz CT molecular complexity index is 1450. The van der Waals surface area contributed by atoms with Crippen LogP contribution in [-0.4, -0.2) is 15.9 Å². The normalized spacial score (nSPS) is 11.3. The lowest BCUT2D eigenvalue weighted by Crippen LogP contribution is -2.07. The van der Waals surface area contributed by atoms with Crippen LogP contribution in [0.1, 0.15) is 11.3 Å². The number of anilines is 1. The number of aryl methyl sites for hydroxylation is 1. The van der Waals surface area contributed by atoms with Gasteiger partial charge in [-0.05, 0) is 73.2 Å². The SMILES string of the molecule is Cc1ccc(-c2ccc(C=CC(=O)Nc3ccc(-c4nc5ncccc5o4)cc3)o2)cc1Cl. The number of hydrogen-bond donors (Lipinski definition) is 1. The van der Waals surface area contributed by atoms with E-state index in [1.54, 1.807) is 36.5 Å². The minimum atomic E-state index is -0.273. The summed E-state index contributed by atoms with van der Waals surface area (Å²) in [6, 6.07) is 20.2. The standard InChI is InChI=1S/C26H18ClN3O3/c1-16-4-5-18(15-21(16)27)22-12-10-20(32-22)11-13-24(31)29-19-8-6-17(7-9-19)26-30-25-23(33-26)3-2-14-28-25/h2-15H,1H3,(H,29,31). The van der Waals surface area contributed by atoms with Crippen molar-refractivity contribution in [3.8, 4) is 22.8 Å². The Morgan fingerprint density at radius 1 is 1.00 bits per heavy atom. The molecule has 0 aliphatic rings. The number of carbonyl (C=O) groups excluding carboxylic acids is 1. The average molecular weight is 456 g/mol. The summed E-state index contributed by atoms with van der Waals surface area (Å²) in [7, 11) is 0. The van der Waals surface area contributed by atoms with Crippen molar-refractivity contribution in [2.24, 2.45) is 0 Å². The summed E-state index contributed by atoms with van der Waals surface area (Å²) in [5, 5.41) is 3.50. The average Bonchev–Trinajstić information content (AvgIpc) is 3.47. The van der Waals surface area contributed by atoms with Crippen molar-refractivity contribution in [2.45, 2.75) is 6.92 Å². The zero-order chi connectivity index (χ0) is 22.8. The lowest BCUT2D eigenvalue weighted by Gasteiger charge is -2.02. The molecular formula is C26H18ClN3O3. The number of nitrogens with one attached hydrogen (secondary N) is 1. The molecule has 1 amide bonds. The van der Waals surface area contributed by atoms with Gasteiger partial charge in [-0.1, -0.05) is 23.7 Å². The second-order valence-electron chi connectivity index (χ2n) is 7.41. The van der Waals surface area contributed by atoms with E-state index in [0.29, 0.717) is 39.4 Å². The van der Waals surface area contributed by atoms with Gasteiger partial charge >= 0.3 is 0 Å². The van der Waals surface area contributed by atoms with Gasteiger partial charge in [-0.15, -0.1) is 0 Å². The van der Waals surface area contributed by atoms with E-state index in [1.807, 2.05) is 49.4 Å². The van der Waals surface area contributed by atoms with Crippen LogP contribution in [0.15, 0.2) is 87.8 Å². The summed E-state index contributed by atoms with van der Waals surface area (Å²) in [6.45, 7) is 1.95. The van der Waals surface area contributed by atoms with Crippen LogP contribution < -0.4 is 5.32 Å². The number of oxazole rings is 1. The third-order valence-electron chi connectivity index (χ3n) is 5.05. The fourth-order valence-corrected chi connectivity index (χ4v) is 3.45. The number of halogens is 1. The number of fused-ring (bicyclic) bond motifs is 1. The first kappa shape index (κ1) is 20.7. The van der Waals surface area contributed by atoms with Crippen molar-refractivity contribution >= 4 is 40.5 Å². The van der Waals surface area contributed by atoms with E-state index in [9.17, 15) is 4.79 Å². The molecule has 6 nitrogen and oxygen atoms in total. The largest absolute Gasteiger partial charge is 0.457 e. The molecule has 0 atom stereocenters. The van der Waals surface area contributed by atoms with E-state index in [1.165, 1.54) is 6.08 Å². The monoisotopic (exact) mass is 455 g/mol. The van der Waals surface area contributed by atoms with Gasteiger partial charge in [0.2, 0.25) is 11.8 Å². The molecule has 1 N–H and O–H groups in total. The van der Waals surface area contributed by atoms with Crippen molar-refractivity contribution in [1.29, 1.82) is 0 Å². The van der Waals surface area contributed by atoms with E-state index in [2.05, 4.69) is 15.3 Å². The number of benzene rings is 2.